The van der Waals surface area contributed by atoms with Gasteiger partial charge in [-0.15, -0.1) is 0 Å². The Balaban J connectivity index is 0. The van der Waals surface area contributed by atoms with Crippen molar-refractivity contribution < 1.29 is 36.2 Å². The van der Waals surface area contributed by atoms with E-state index in [1.165, 1.54) is 6.92 Å². The van der Waals surface area contributed by atoms with Gasteiger partial charge >= 0.3 is 0 Å². The minimum atomic E-state index is -4.62. The Kier molecular flexibility index (Phi) is 7.24. The predicted molar refractivity (Wildman–Crippen MR) is 46.7 cm³/mol. The molecule has 4 N–H and O–H groups in total. The van der Waals surface area contributed by atoms with Gasteiger partial charge < -0.3 is 10.2 Å². The average molecular weight is 252 g/mol. The first kappa shape index (κ1) is 16.2. The maximum absolute atomic E-state index is 9.66. The molecule has 0 aromatic carbocycles. The lowest BCUT2D eigenvalue weighted by molar-refractivity contribution is 0.110. The van der Waals surface area contributed by atoms with Crippen LogP contribution in [-0.4, -0.2) is 53.9 Å². The van der Waals surface area contributed by atoms with Crippen molar-refractivity contribution in [1.29, 1.82) is 0 Å². The van der Waals surface area contributed by atoms with Crippen LogP contribution in [0, 0.1) is 0 Å². The first-order valence-electron chi connectivity index (χ1n) is 3.17. The Bertz CT molecular complexity index is 294. The van der Waals surface area contributed by atoms with E-state index in [9.17, 15) is 16.8 Å². The minimum Gasteiger partial charge on any atom is -0.394 e. The van der Waals surface area contributed by atoms with Crippen molar-refractivity contribution in [2.45, 2.75) is 13.0 Å². The van der Waals surface area contributed by atoms with E-state index in [4.69, 9.17) is 19.3 Å². The molecule has 1 atom stereocenters. The zero-order valence-corrected chi connectivity index (χ0v) is 8.86. The van der Waals surface area contributed by atoms with Gasteiger partial charge in [0.1, 0.15) is 0 Å². The molecule has 0 aliphatic heterocycles. The fourth-order valence-electron chi connectivity index (χ4n) is 0.188. The highest BCUT2D eigenvalue weighted by molar-refractivity contribution is 8.02. The van der Waals surface area contributed by atoms with Crippen molar-refractivity contribution in [1.82, 2.24) is 0 Å². The Labute approximate surface area is 81.7 Å². The second-order valence-corrected chi connectivity index (χ2v) is 5.58. The van der Waals surface area contributed by atoms with E-state index in [0.717, 1.165) is 0 Å². The molecular weight excluding hydrogens is 240 g/mol. The second kappa shape index (κ2) is 6.27. The summed E-state index contributed by atoms with van der Waals surface area (Å²) in [5.41, 5.74) is 0. The number of rotatable bonds is 3. The molecule has 0 saturated carbocycles. The molecule has 0 spiro atoms. The molecule has 0 aromatic rings. The lowest BCUT2D eigenvalue weighted by atomic mass is 10.5. The molecular formula is C4H12O8S2. The fourth-order valence-corrected chi connectivity index (χ4v) is 1.69. The summed E-state index contributed by atoms with van der Waals surface area (Å²) in [7, 11) is -9.24. The van der Waals surface area contributed by atoms with Gasteiger partial charge in [-0.3, -0.25) is 9.11 Å². The van der Waals surface area contributed by atoms with Crippen molar-refractivity contribution in [3.63, 3.8) is 0 Å². The Hall–Kier alpha value is -0.260. The summed E-state index contributed by atoms with van der Waals surface area (Å²) in [5, 5.41) is 14.4. The number of aliphatic hydroxyl groups is 2. The summed E-state index contributed by atoms with van der Waals surface area (Å²) in [6.45, 7) is 1.39. The highest BCUT2D eigenvalue weighted by atomic mass is 32.3. The summed E-state index contributed by atoms with van der Waals surface area (Å²) < 4.78 is 54.2. The molecule has 0 aromatic heterocycles. The lowest BCUT2D eigenvalue weighted by Crippen LogP contribution is -2.13. The number of hydrogen-bond acceptors (Lipinski definition) is 6. The smallest absolute Gasteiger partial charge is 0.281 e. The molecule has 8 nitrogen and oxygen atoms in total. The van der Waals surface area contributed by atoms with Crippen molar-refractivity contribution in [2.75, 3.05) is 11.7 Å². The van der Waals surface area contributed by atoms with Crippen molar-refractivity contribution in [2.24, 2.45) is 0 Å². The maximum atomic E-state index is 9.66. The lowest BCUT2D eigenvalue weighted by Gasteiger charge is -1.90. The maximum Gasteiger partial charge on any atom is 0.281 e. The molecule has 0 saturated heterocycles. The van der Waals surface area contributed by atoms with E-state index in [1.54, 1.807) is 0 Å². The van der Waals surface area contributed by atoms with Crippen molar-refractivity contribution >= 4 is 20.2 Å². The monoisotopic (exact) mass is 252 g/mol. The minimum absolute atomic E-state index is 0.139. The van der Waals surface area contributed by atoms with Crippen LogP contribution in [0.2, 0.25) is 0 Å². The highest BCUT2D eigenvalue weighted by Gasteiger charge is 2.15. The van der Waals surface area contributed by atoms with Crippen LogP contribution >= 0.6 is 0 Å². The van der Waals surface area contributed by atoms with Crippen LogP contribution in [0.1, 0.15) is 6.92 Å². The average Bonchev–Trinajstić information content (AvgIpc) is 1.80. The van der Waals surface area contributed by atoms with Crippen molar-refractivity contribution in [3.8, 4) is 0 Å². The van der Waals surface area contributed by atoms with Crippen LogP contribution < -0.4 is 0 Å². The standard InChI is InChI=1S/C3H8O2.CH4O6S2/c1-3(5)2-4;2-8(3,4)1-9(5,6)7/h3-5H,2H2,1H3;1H2,(H,2,3,4)(H,5,6,7). The third-order valence-corrected chi connectivity index (χ3v) is 2.94. The number of hydrogen-bond donors (Lipinski definition) is 4. The van der Waals surface area contributed by atoms with Gasteiger partial charge in [-0.2, -0.15) is 16.8 Å². The molecule has 14 heavy (non-hydrogen) atoms. The number of aliphatic hydroxyl groups excluding tert-OH is 2. The van der Waals surface area contributed by atoms with Gasteiger partial charge in [0.15, 0.2) is 0 Å². The summed E-state index contributed by atoms with van der Waals surface area (Å²) in [4.78, 5) is 0. The third-order valence-electron chi connectivity index (χ3n) is 0.562. The van der Waals surface area contributed by atoms with Crippen LogP contribution in [0.5, 0.6) is 0 Å². The van der Waals surface area contributed by atoms with Crippen LogP contribution in [0.15, 0.2) is 0 Å². The van der Waals surface area contributed by atoms with E-state index < -0.39 is 31.4 Å². The summed E-state index contributed by atoms with van der Waals surface area (Å²) in [6, 6.07) is 0. The molecule has 0 aliphatic carbocycles. The van der Waals surface area contributed by atoms with Gasteiger partial charge in [0.25, 0.3) is 20.2 Å². The Morgan fingerprint density at radius 1 is 1.07 bits per heavy atom. The molecule has 10 heteroatoms. The SMILES string of the molecule is CC(O)CO.O=S(=O)(O)CS(=O)(=O)O. The zero-order chi connectivity index (χ0) is 12.0. The fraction of sp³-hybridized carbons (Fsp3) is 1.00. The third kappa shape index (κ3) is 22.6. The summed E-state index contributed by atoms with van der Waals surface area (Å²) >= 11 is 0. The van der Waals surface area contributed by atoms with Crippen LogP contribution in [0.3, 0.4) is 0 Å². The van der Waals surface area contributed by atoms with E-state index in [0.29, 0.717) is 0 Å². The van der Waals surface area contributed by atoms with Crippen molar-refractivity contribution in [3.05, 3.63) is 0 Å². The second-order valence-electron chi connectivity index (χ2n) is 2.31. The van der Waals surface area contributed by atoms with E-state index in [-0.39, 0.29) is 6.61 Å². The highest BCUT2D eigenvalue weighted by Crippen LogP contribution is 1.88. The predicted octanol–water partition coefficient (Wildman–Crippen LogP) is -1.92. The first-order chi connectivity index (χ1) is 5.98. The van der Waals surface area contributed by atoms with E-state index in [2.05, 4.69) is 0 Å². The first-order valence-corrected chi connectivity index (χ1v) is 6.39. The molecule has 0 aliphatic rings. The summed E-state index contributed by atoms with van der Waals surface area (Å²) in [5.74, 6) is 0. The summed E-state index contributed by atoms with van der Waals surface area (Å²) in [6.07, 6.45) is -0.560. The van der Waals surface area contributed by atoms with E-state index in [1.807, 2.05) is 0 Å². The van der Waals surface area contributed by atoms with Gasteiger partial charge in [0.05, 0.1) is 12.7 Å². The van der Waals surface area contributed by atoms with Gasteiger partial charge in [0, 0.05) is 0 Å². The molecule has 0 amide bonds. The van der Waals surface area contributed by atoms with Gasteiger partial charge in [-0.05, 0) is 6.92 Å². The van der Waals surface area contributed by atoms with Crippen LogP contribution in [0.4, 0.5) is 0 Å². The molecule has 0 heterocycles. The normalized spacial score (nSPS) is 14.1. The molecule has 0 radical (unpaired) electrons. The molecule has 0 rings (SSSR count). The van der Waals surface area contributed by atoms with Gasteiger partial charge in [0.2, 0.25) is 5.08 Å². The van der Waals surface area contributed by atoms with Gasteiger partial charge in [-0.1, -0.05) is 0 Å². The molecule has 1 unspecified atom stereocenters. The topological polar surface area (TPSA) is 149 Å². The molecule has 0 fully saturated rings. The Morgan fingerprint density at radius 2 is 1.29 bits per heavy atom. The van der Waals surface area contributed by atoms with Gasteiger partial charge in [-0.25, -0.2) is 0 Å². The Morgan fingerprint density at radius 3 is 1.29 bits per heavy atom. The quantitative estimate of drug-likeness (QED) is 0.424. The molecule has 0 bridgehead atoms. The molecule has 88 valence electrons. The zero-order valence-electron chi connectivity index (χ0n) is 7.23. The largest absolute Gasteiger partial charge is 0.394 e. The van der Waals surface area contributed by atoms with Crippen LogP contribution in [0.25, 0.3) is 0 Å². The van der Waals surface area contributed by atoms with E-state index >= 15 is 0 Å². The van der Waals surface area contributed by atoms with Crippen LogP contribution in [-0.2, 0) is 20.2 Å².